The van der Waals surface area contributed by atoms with E-state index in [2.05, 4.69) is 20.6 Å². The summed E-state index contributed by atoms with van der Waals surface area (Å²) in [6.07, 6.45) is 0. The maximum atomic E-state index is 12.3. The molecule has 0 aliphatic rings. The summed E-state index contributed by atoms with van der Waals surface area (Å²) in [5.74, 6) is 0.491. The molecule has 134 valence electrons. The number of aromatic nitrogens is 2. The standard InChI is InChI=1S/C18H18N4O4/c1-25-12-7-11(8-13(9-12)26-2)17(24)19-10-16(23)22-18-20-14-5-3-4-6-15(14)21-18/h3-9H,10H2,1-2H3,(H,19,24)(H2,20,21,22,23). The Hall–Kier alpha value is -3.55. The molecule has 0 saturated carbocycles. The van der Waals surface area contributed by atoms with Crippen molar-refractivity contribution in [1.82, 2.24) is 15.3 Å². The highest BCUT2D eigenvalue weighted by Crippen LogP contribution is 2.22. The van der Waals surface area contributed by atoms with Crippen molar-refractivity contribution in [3.05, 3.63) is 48.0 Å². The summed E-state index contributed by atoms with van der Waals surface area (Å²) in [5, 5.41) is 5.17. The molecule has 2 aromatic carbocycles. The Bertz CT molecular complexity index is 896. The third-order valence-electron chi connectivity index (χ3n) is 3.67. The van der Waals surface area contributed by atoms with E-state index in [-0.39, 0.29) is 6.54 Å². The van der Waals surface area contributed by atoms with Crippen molar-refractivity contribution in [2.45, 2.75) is 0 Å². The first-order valence-corrected chi connectivity index (χ1v) is 7.85. The van der Waals surface area contributed by atoms with Crippen LogP contribution in [0.4, 0.5) is 5.95 Å². The number of nitrogens with one attached hydrogen (secondary N) is 3. The number of benzene rings is 2. The molecule has 0 bridgehead atoms. The van der Waals surface area contributed by atoms with E-state index in [1.54, 1.807) is 18.2 Å². The van der Waals surface area contributed by atoms with Crippen LogP contribution in [-0.4, -0.2) is 42.5 Å². The molecule has 0 saturated heterocycles. The Morgan fingerprint density at radius 3 is 2.42 bits per heavy atom. The number of methoxy groups -OCH3 is 2. The molecule has 8 nitrogen and oxygen atoms in total. The van der Waals surface area contributed by atoms with Gasteiger partial charge in [-0.1, -0.05) is 12.1 Å². The van der Waals surface area contributed by atoms with Crippen molar-refractivity contribution in [2.75, 3.05) is 26.1 Å². The van der Waals surface area contributed by atoms with Crippen LogP contribution in [0.25, 0.3) is 11.0 Å². The minimum atomic E-state index is -0.415. The predicted octanol–water partition coefficient (Wildman–Crippen LogP) is 1.95. The Morgan fingerprint density at radius 2 is 1.77 bits per heavy atom. The summed E-state index contributed by atoms with van der Waals surface area (Å²) in [7, 11) is 2.99. The lowest BCUT2D eigenvalue weighted by Gasteiger charge is -2.09. The van der Waals surface area contributed by atoms with Gasteiger partial charge in [0, 0.05) is 11.6 Å². The van der Waals surface area contributed by atoms with Crippen LogP contribution < -0.4 is 20.1 Å². The normalized spacial score (nSPS) is 10.4. The van der Waals surface area contributed by atoms with Crippen LogP contribution in [-0.2, 0) is 4.79 Å². The van der Waals surface area contributed by atoms with Crippen molar-refractivity contribution in [3.63, 3.8) is 0 Å². The van der Waals surface area contributed by atoms with Gasteiger partial charge < -0.3 is 19.8 Å². The molecular weight excluding hydrogens is 336 g/mol. The molecule has 0 atom stereocenters. The maximum absolute atomic E-state index is 12.3. The molecule has 3 N–H and O–H groups in total. The largest absolute Gasteiger partial charge is 0.497 e. The van der Waals surface area contributed by atoms with Crippen molar-refractivity contribution in [1.29, 1.82) is 0 Å². The summed E-state index contributed by atoms with van der Waals surface area (Å²) in [4.78, 5) is 31.5. The van der Waals surface area contributed by atoms with Gasteiger partial charge in [0.15, 0.2) is 0 Å². The molecule has 8 heteroatoms. The zero-order valence-corrected chi connectivity index (χ0v) is 14.3. The topological polar surface area (TPSA) is 105 Å². The Morgan fingerprint density at radius 1 is 1.08 bits per heavy atom. The molecule has 0 aliphatic heterocycles. The third-order valence-corrected chi connectivity index (χ3v) is 3.67. The summed E-state index contributed by atoms with van der Waals surface area (Å²) >= 11 is 0. The maximum Gasteiger partial charge on any atom is 0.251 e. The first kappa shape index (κ1) is 17.3. The van der Waals surface area contributed by atoms with Gasteiger partial charge >= 0.3 is 0 Å². The van der Waals surface area contributed by atoms with E-state index >= 15 is 0 Å². The zero-order chi connectivity index (χ0) is 18.5. The van der Waals surface area contributed by atoms with Crippen molar-refractivity contribution >= 4 is 28.8 Å². The average molecular weight is 354 g/mol. The van der Waals surface area contributed by atoms with E-state index in [0.717, 1.165) is 11.0 Å². The molecule has 0 aliphatic carbocycles. The SMILES string of the molecule is COc1cc(OC)cc(C(=O)NCC(=O)Nc2nc3ccccc3[nH]2)c1. The smallest absolute Gasteiger partial charge is 0.251 e. The Balaban J connectivity index is 1.61. The lowest BCUT2D eigenvalue weighted by molar-refractivity contribution is -0.115. The van der Waals surface area contributed by atoms with Crippen molar-refractivity contribution in [3.8, 4) is 11.5 Å². The number of hydrogen-bond acceptors (Lipinski definition) is 5. The number of rotatable bonds is 6. The van der Waals surface area contributed by atoms with Gasteiger partial charge in [0.1, 0.15) is 11.5 Å². The van der Waals surface area contributed by atoms with Crippen LogP contribution in [0.1, 0.15) is 10.4 Å². The van der Waals surface area contributed by atoms with Crippen LogP contribution in [0, 0.1) is 0 Å². The molecule has 26 heavy (non-hydrogen) atoms. The molecule has 0 spiro atoms. The fourth-order valence-corrected chi connectivity index (χ4v) is 2.39. The molecule has 0 fully saturated rings. The highest BCUT2D eigenvalue weighted by atomic mass is 16.5. The number of para-hydroxylation sites is 2. The van der Waals surface area contributed by atoms with E-state index < -0.39 is 11.8 Å². The molecule has 1 heterocycles. The molecule has 0 radical (unpaired) electrons. The van der Waals surface area contributed by atoms with Gasteiger partial charge in [-0.05, 0) is 24.3 Å². The van der Waals surface area contributed by atoms with Gasteiger partial charge in [0.05, 0.1) is 31.8 Å². The first-order chi connectivity index (χ1) is 12.6. The fraction of sp³-hybridized carbons (Fsp3) is 0.167. The number of amides is 2. The minimum Gasteiger partial charge on any atom is -0.497 e. The van der Waals surface area contributed by atoms with Crippen molar-refractivity contribution < 1.29 is 19.1 Å². The Kier molecular flexibility index (Phi) is 5.02. The summed E-state index contributed by atoms with van der Waals surface area (Å²) < 4.78 is 10.3. The number of nitrogens with zero attached hydrogens (tertiary/aromatic N) is 1. The zero-order valence-electron chi connectivity index (χ0n) is 14.3. The van der Waals surface area contributed by atoms with Crippen LogP contribution in [0.5, 0.6) is 11.5 Å². The van der Waals surface area contributed by atoms with E-state index in [9.17, 15) is 9.59 Å². The number of ether oxygens (including phenoxy) is 2. The van der Waals surface area contributed by atoms with Gasteiger partial charge in [-0.2, -0.15) is 0 Å². The monoisotopic (exact) mass is 354 g/mol. The highest BCUT2D eigenvalue weighted by molar-refractivity contribution is 5.99. The summed E-state index contributed by atoms with van der Waals surface area (Å²) in [6.45, 7) is -0.199. The second-order valence-corrected chi connectivity index (χ2v) is 5.43. The van der Waals surface area contributed by atoms with Crippen LogP contribution in [0.3, 0.4) is 0 Å². The van der Waals surface area contributed by atoms with Crippen LogP contribution in [0.2, 0.25) is 0 Å². The highest BCUT2D eigenvalue weighted by Gasteiger charge is 2.12. The number of imidazole rings is 1. The first-order valence-electron chi connectivity index (χ1n) is 7.85. The molecule has 1 aromatic heterocycles. The van der Waals surface area contributed by atoms with Crippen molar-refractivity contribution in [2.24, 2.45) is 0 Å². The second kappa shape index (κ2) is 7.56. The van der Waals surface area contributed by atoms with Crippen LogP contribution in [0.15, 0.2) is 42.5 Å². The lowest BCUT2D eigenvalue weighted by Crippen LogP contribution is -2.33. The molecule has 0 unspecified atom stereocenters. The number of aromatic amines is 1. The second-order valence-electron chi connectivity index (χ2n) is 5.43. The number of carbonyl (C=O) groups is 2. The van der Waals surface area contributed by atoms with Gasteiger partial charge in [-0.15, -0.1) is 0 Å². The number of anilines is 1. The number of carbonyl (C=O) groups excluding carboxylic acids is 2. The van der Waals surface area contributed by atoms with E-state index in [1.165, 1.54) is 14.2 Å². The molecule has 3 aromatic rings. The molecule has 2 amide bonds. The number of fused-ring (bicyclic) bond motifs is 1. The van der Waals surface area contributed by atoms with E-state index in [0.29, 0.717) is 23.0 Å². The fourth-order valence-electron chi connectivity index (χ4n) is 2.39. The van der Waals surface area contributed by atoms with Crippen LogP contribution >= 0.6 is 0 Å². The van der Waals surface area contributed by atoms with Gasteiger partial charge in [-0.3, -0.25) is 14.9 Å². The Labute approximate surface area is 149 Å². The number of hydrogen-bond donors (Lipinski definition) is 3. The third kappa shape index (κ3) is 3.92. The predicted molar refractivity (Wildman–Crippen MR) is 96.6 cm³/mol. The van der Waals surface area contributed by atoms with Gasteiger partial charge in [-0.25, -0.2) is 4.98 Å². The van der Waals surface area contributed by atoms with Gasteiger partial charge in [0.25, 0.3) is 5.91 Å². The molecular formula is C18H18N4O4. The average Bonchev–Trinajstić information content (AvgIpc) is 3.07. The van der Waals surface area contributed by atoms with E-state index in [1.807, 2.05) is 24.3 Å². The quantitative estimate of drug-likeness (QED) is 0.627. The van der Waals surface area contributed by atoms with Gasteiger partial charge in [0.2, 0.25) is 11.9 Å². The lowest BCUT2D eigenvalue weighted by atomic mass is 10.2. The summed E-state index contributed by atoms with van der Waals surface area (Å²) in [5.41, 5.74) is 1.89. The number of H-pyrrole nitrogens is 1. The molecule has 3 rings (SSSR count). The minimum absolute atomic E-state index is 0.199. The van der Waals surface area contributed by atoms with E-state index in [4.69, 9.17) is 9.47 Å². The summed E-state index contributed by atoms with van der Waals surface area (Å²) in [6, 6.07) is 12.2.